The molecule has 7 nitrogen and oxygen atoms in total. The number of ether oxygens (including phenoxy) is 2. The van der Waals surface area contributed by atoms with E-state index in [2.05, 4.69) is 20.4 Å². The van der Waals surface area contributed by atoms with E-state index in [1.165, 1.54) is 12.1 Å². The number of nitrogens with zero attached hydrogens (tertiary/aromatic N) is 1. The van der Waals surface area contributed by atoms with Gasteiger partial charge in [0.15, 0.2) is 5.96 Å². The molecule has 10 heteroatoms. The summed E-state index contributed by atoms with van der Waals surface area (Å²) in [5, 5.41) is 5.22. The van der Waals surface area contributed by atoms with Crippen molar-refractivity contribution >= 4 is 17.7 Å². The van der Waals surface area contributed by atoms with Crippen LogP contribution in [0.25, 0.3) is 0 Å². The quantitative estimate of drug-likeness (QED) is 0.425. The molecule has 0 radical (unpaired) electrons. The largest absolute Gasteiger partial charge is 0.573 e. The molecule has 0 bridgehead atoms. The number of hydrogen-bond donors (Lipinski definition) is 3. The van der Waals surface area contributed by atoms with Gasteiger partial charge >= 0.3 is 12.5 Å². The van der Waals surface area contributed by atoms with Gasteiger partial charge in [0, 0.05) is 12.2 Å². The smallest absolute Gasteiger partial charge is 0.444 e. The number of guanidine groups is 1. The lowest BCUT2D eigenvalue weighted by Crippen LogP contribution is -2.34. The zero-order valence-electron chi connectivity index (χ0n) is 14.1. The van der Waals surface area contributed by atoms with Crippen molar-refractivity contribution in [2.24, 2.45) is 10.7 Å². The predicted molar refractivity (Wildman–Crippen MR) is 87.5 cm³/mol. The molecule has 1 aromatic rings. The van der Waals surface area contributed by atoms with E-state index in [4.69, 9.17) is 10.5 Å². The monoisotopic (exact) mass is 362 g/mol. The van der Waals surface area contributed by atoms with Crippen LogP contribution in [0.4, 0.5) is 23.7 Å². The summed E-state index contributed by atoms with van der Waals surface area (Å²) in [4.78, 5) is 15.4. The number of amides is 1. The Balaban J connectivity index is 2.39. The molecule has 0 atom stereocenters. The average Bonchev–Trinajstić information content (AvgIpc) is 2.42. The Morgan fingerprint density at radius 2 is 1.80 bits per heavy atom. The van der Waals surface area contributed by atoms with Crippen LogP contribution in [0.3, 0.4) is 0 Å². The molecule has 0 aromatic heterocycles. The lowest BCUT2D eigenvalue weighted by atomic mass is 10.2. The predicted octanol–water partition coefficient (Wildman–Crippen LogP) is 2.84. The van der Waals surface area contributed by atoms with Gasteiger partial charge in [-0.25, -0.2) is 4.79 Å². The second kappa shape index (κ2) is 8.45. The topological polar surface area (TPSA) is 98.0 Å². The highest BCUT2D eigenvalue weighted by Gasteiger charge is 2.30. The summed E-state index contributed by atoms with van der Waals surface area (Å²) < 4.78 is 45.0. The zero-order chi connectivity index (χ0) is 19.1. The normalized spacial score (nSPS) is 12.5. The number of benzene rings is 1. The number of nitrogens with two attached hydrogens (primary N) is 1. The van der Waals surface area contributed by atoms with E-state index < -0.39 is 18.1 Å². The number of carbonyl (C=O) groups is 1. The molecule has 0 unspecified atom stereocenters. The van der Waals surface area contributed by atoms with Crippen molar-refractivity contribution in [3.05, 3.63) is 24.3 Å². The van der Waals surface area contributed by atoms with Gasteiger partial charge in [-0.1, -0.05) is 0 Å². The molecule has 25 heavy (non-hydrogen) atoms. The Kier molecular flexibility index (Phi) is 6.89. The molecular formula is C15H21F3N4O3. The van der Waals surface area contributed by atoms with Gasteiger partial charge in [-0.05, 0) is 45.0 Å². The number of alkyl carbamates (subject to hydrolysis) is 1. The van der Waals surface area contributed by atoms with Crippen molar-refractivity contribution in [2.75, 3.05) is 18.4 Å². The van der Waals surface area contributed by atoms with Crippen molar-refractivity contribution in [3.63, 3.8) is 0 Å². The van der Waals surface area contributed by atoms with Crippen LogP contribution >= 0.6 is 0 Å². The van der Waals surface area contributed by atoms with Crippen LogP contribution in [-0.4, -0.2) is 37.1 Å². The third-order valence-electron chi connectivity index (χ3n) is 2.42. The molecule has 0 aliphatic carbocycles. The van der Waals surface area contributed by atoms with Gasteiger partial charge in [0.2, 0.25) is 0 Å². The van der Waals surface area contributed by atoms with Gasteiger partial charge < -0.3 is 25.8 Å². The third-order valence-corrected chi connectivity index (χ3v) is 2.42. The van der Waals surface area contributed by atoms with E-state index in [9.17, 15) is 18.0 Å². The Labute approximate surface area is 143 Å². The number of aliphatic imine (C=N–C) groups is 1. The molecule has 0 heterocycles. The Bertz CT molecular complexity index is 596. The lowest BCUT2D eigenvalue weighted by Gasteiger charge is -2.19. The second-order valence-electron chi connectivity index (χ2n) is 5.89. The van der Waals surface area contributed by atoms with E-state index in [1.807, 2.05) is 0 Å². The molecule has 0 aliphatic rings. The molecule has 1 aromatic carbocycles. The highest BCUT2D eigenvalue weighted by atomic mass is 19.4. The molecule has 1 amide bonds. The van der Waals surface area contributed by atoms with E-state index in [0.717, 1.165) is 12.1 Å². The second-order valence-corrected chi connectivity index (χ2v) is 5.89. The molecule has 0 aliphatic heterocycles. The van der Waals surface area contributed by atoms with Gasteiger partial charge in [-0.2, -0.15) is 0 Å². The van der Waals surface area contributed by atoms with Crippen molar-refractivity contribution < 1.29 is 27.4 Å². The number of hydrogen-bond acceptors (Lipinski definition) is 4. The van der Waals surface area contributed by atoms with Crippen LogP contribution in [0.2, 0.25) is 0 Å². The van der Waals surface area contributed by atoms with Crippen molar-refractivity contribution in [1.82, 2.24) is 5.32 Å². The Hall–Kier alpha value is -2.65. The van der Waals surface area contributed by atoms with Crippen LogP contribution in [-0.2, 0) is 4.74 Å². The minimum atomic E-state index is -4.74. The molecular weight excluding hydrogens is 341 g/mol. The van der Waals surface area contributed by atoms with Crippen LogP contribution in [0.15, 0.2) is 29.3 Å². The van der Waals surface area contributed by atoms with E-state index in [1.54, 1.807) is 20.8 Å². The maximum Gasteiger partial charge on any atom is 0.573 e. The van der Waals surface area contributed by atoms with Crippen LogP contribution in [0.5, 0.6) is 5.75 Å². The number of alkyl halides is 3. The summed E-state index contributed by atoms with van der Waals surface area (Å²) in [5.74, 6) is -0.286. The third kappa shape index (κ3) is 9.95. The fourth-order valence-corrected chi connectivity index (χ4v) is 1.58. The van der Waals surface area contributed by atoms with Gasteiger partial charge in [0.05, 0.1) is 6.54 Å². The fourth-order valence-electron chi connectivity index (χ4n) is 1.58. The van der Waals surface area contributed by atoms with Crippen LogP contribution in [0.1, 0.15) is 20.8 Å². The summed E-state index contributed by atoms with van der Waals surface area (Å²) in [6.07, 6.45) is -5.30. The first kappa shape index (κ1) is 20.4. The summed E-state index contributed by atoms with van der Waals surface area (Å²) >= 11 is 0. The van der Waals surface area contributed by atoms with E-state index in [-0.39, 0.29) is 24.8 Å². The van der Waals surface area contributed by atoms with Crippen LogP contribution in [0, 0.1) is 0 Å². The molecule has 0 saturated carbocycles. The highest BCUT2D eigenvalue weighted by Crippen LogP contribution is 2.23. The van der Waals surface area contributed by atoms with Crippen molar-refractivity contribution in [1.29, 1.82) is 0 Å². The molecule has 140 valence electrons. The molecule has 0 spiro atoms. The summed E-state index contributed by atoms with van der Waals surface area (Å²) in [5.41, 5.74) is 5.50. The fraction of sp³-hybridized carbons (Fsp3) is 0.467. The van der Waals surface area contributed by atoms with Crippen molar-refractivity contribution in [3.8, 4) is 5.75 Å². The van der Waals surface area contributed by atoms with E-state index in [0.29, 0.717) is 5.69 Å². The zero-order valence-corrected chi connectivity index (χ0v) is 14.1. The first-order valence-corrected chi connectivity index (χ1v) is 7.34. The maximum atomic E-state index is 12.1. The summed E-state index contributed by atoms with van der Waals surface area (Å²) in [6.45, 7) is 5.66. The minimum absolute atomic E-state index is 0.0514. The first-order valence-electron chi connectivity index (χ1n) is 7.34. The Morgan fingerprint density at radius 3 is 2.32 bits per heavy atom. The van der Waals surface area contributed by atoms with Crippen molar-refractivity contribution in [2.45, 2.75) is 32.7 Å². The van der Waals surface area contributed by atoms with Gasteiger partial charge in [-0.3, -0.25) is 4.99 Å². The minimum Gasteiger partial charge on any atom is -0.444 e. The number of halogens is 3. The van der Waals surface area contributed by atoms with Gasteiger partial charge in [-0.15, -0.1) is 13.2 Å². The standard InChI is InChI=1S/C15H21F3N4O3/c1-14(2,3)25-13(23)21-9-8-20-12(19)22-10-4-6-11(7-5-10)24-15(16,17)18/h4-7H,8-9H2,1-3H3,(H,21,23)(H3,19,20,22). The number of nitrogens with one attached hydrogen (secondary N) is 2. The first-order chi connectivity index (χ1) is 11.4. The average molecular weight is 362 g/mol. The van der Waals surface area contributed by atoms with Crippen LogP contribution < -0.4 is 21.1 Å². The SMILES string of the molecule is CC(C)(C)OC(=O)NCCN=C(N)Nc1ccc(OC(F)(F)F)cc1. The highest BCUT2D eigenvalue weighted by molar-refractivity contribution is 5.92. The molecule has 0 saturated heterocycles. The number of rotatable bonds is 5. The molecule has 0 fully saturated rings. The van der Waals surface area contributed by atoms with Gasteiger partial charge in [0.25, 0.3) is 0 Å². The summed E-state index contributed by atoms with van der Waals surface area (Å²) in [6, 6.07) is 5.02. The molecule has 4 N–H and O–H groups in total. The lowest BCUT2D eigenvalue weighted by molar-refractivity contribution is -0.274. The summed E-state index contributed by atoms with van der Waals surface area (Å²) in [7, 11) is 0. The maximum absolute atomic E-state index is 12.1. The number of carbonyl (C=O) groups excluding carboxylic acids is 1. The number of anilines is 1. The van der Waals surface area contributed by atoms with E-state index >= 15 is 0 Å². The molecule has 1 rings (SSSR count). The Morgan fingerprint density at radius 1 is 1.20 bits per heavy atom. The van der Waals surface area contributed by atoms with Gasteiger partial charge in [0.1, 0.15) is 11.4 Å².